The maximum Gasteiger partial charge on any atom is 0.270 e. The molecule has 3 N–H and O–H groups in total. The number of carbonyl (C=O) groups excluding carboxylic acids is 1. The minimum Gasteiger partial charge on any atom is -0.391 e. The third kappa shape index (κ3) is 5.41. The highest BCUT2D eigenvalue weighted by Gasteiger charge is 2.25. The molecule has 1 saturated heterocycles. The maximum absolute atomic E-state index is 12.2. The second kappa shape index (κ2) is 10.2. The summed E-state index contributed by atoms with van der Waals surface area (Å²) in [5, 5.41) is 18.4. The van der Waals surface area contributed by atoms with E-state index in [2.05, 4.69) is 53.7 Å². The molecule has 26 heavy (non-hydrogen) atoms. The van der Waals surface area contributed by atoms with Crippen molar-refractivity contribution in [1.29, 1.82) is 0 Å². The van der Waals surface area contributed by atoms with Crippen LogP contribution in [0.3, 0.4) is 0 Å². The van der Waals surface area contributed by atoms with E-state index >= 15 is 0 Å². The number of hydrogen-bond donors (Lipinski definition) is 3. The minimum absolute atomic E-state index is 0. The highest BCUT2D eigenvalue weighted by molar-refractivity contribution is 7.13. The van der Waals surface area contributed by atoms with Crippen LogP contribution < -0.4 is 10.6 Å². The lowest BCUT2D eigenvalue weighted by atomic mass is 10.0. The molecular formula is C18H25Cl2N3O2S. The highest BCUT2D eigenvalue weighted by Crippen LogP contribution is 2.25. The Hall–Kier alpha value is -1.18. The summed E-state index contributed by atoms with van der Waals surface area (Å²) in [6.07, 6.45) is -0.393. The second-order valence-corrected chi connectivity index (χ2v) is 7.37. The number of aliphatic hydroxyl groups is 1. The van der Waals surface area contributed by atoms with Crippen molar-refractivity contribution in [1.82, 2.24) is 15.6 Å². The molecule has 0 spiro atoms. The molecule has 1 aromatic heterocycles. The fraction of sp³-hybridized carbons (Fsp3) is 0.444. The van der Waals surface area contributed by atoms with Gasteiger partial charge in [-0.25, -0.2) is 4.98 Å². The molecule has 8 heteroatoms. The van der Waals surface area contributed by atoms with E-state index in [4.69, 9.17) is 0 Å². The smallest absolute Gasteiger partial charge is 0.270 e. The Balaban J connectivity index is 0.00000169. The van der Waals surface area contributed by atoms with Crippen LogP contribution in [0.15, 0.2) is 29.6 Å². The van der Waals surface area contributed by atoms with Crippen LogP contribution in [0.4, 0.5) is 0 Å². The Morgan fingerprint density at radius 1 is 1.31 bits per heavy atom. The summed E-state index contributed by atoms with van der Waals surface area (Å²) in [6.45, 7) is 6.11. The first kappa shape index (κ1) is 22.9. The van der Waals surface area contributed by atoms with Gasteiger partial charge in [-0.1, -0.05) is 38.1 Å². The zero-order valence-electron chi connectivity index (χ0n) is 14.8. The summed E-state index contributed by atoms with van der Waals surface area (Å²) in [4.78, 5) is 16.7. The largest absolute Gasteiger partial charge is 0.391 e. The molecule has 1 fully saturated rings. The van der Waals surface area contributed by atoms with Crippen molar-refractivity contribution in [3.8, 4) is 10.6 Å². The number of nitrogens with zero attached hydrogens (tertiary/aromatic N) is 1. The van der Waals surface area contributed by atoms with Crippen LogP contribution >= 0.6 is 36.2 Å². The van der Waals surface area contributed by atoms with E-state index in [1.807, 2.05) is 0 Å². The lowest BCUT2D eigenvalue weighted by Gasteiger charge is -2.13. The van der Waals surface area contributed by atoms with Gasteiger partial charge in [0.2, 0.25) is 0 Å². The second-order valence-electron chi connectivity index (χ2n) is 6.51. The van der Waals surface area contributed by atoms with Crippen molar-refractivity contribution in [2.45, 2.75) is 25.9 Å². The van der Waals surface area contributed by atoms with Gasteiger partial charge >= 0.3 is 0 Å². The fourth-order valence-corrected chi connectivity index (χ4v) is 3.57. The first-order valence-corrected chi connectivity index (χ1v) is 9.15. The fourth-order valence-electron chi connectivity index (χ4n) is 2.76. The van der Waals surface area contributed by atoms with Crippen molar-refractivity contribution in [3.63, 3.8) is 0 Å². The number of amides is 1. The molecule has 1 amide bonds. The first-order valence-electron chi connectivity index (χ1n) is 8.27. The summed E-state index contributed by atoms with van der Waals surface area (Å²) in [6, 6.07) is 8.32. The van der Waals surface area contributed by atoms with Gasteiger partial charge in [-0.15, -0.1) is 36.2 Å². The Morgan fingerprint density at radius 3 is 2.58 bits per heavy atom. The number of benzene rings is 1. The zero-order valence-corrected chi connectivity index (χ0v) is 17.2. The van der Waals surface area contributed by atoms with E-state index in [9.17, 15) is 9.90 Å². The molecule has 2 aromatic rings. The van der Waals surface area contributed by atoms with Gasteiger partial charge in [0.15, 0.2) is 0 Å². The Bertz CT molecular complexity index is 707. The molecule has 0 aliphatic carbocycles. The van der Waals surface area contributed by atoms with Crippen LogP contribution in [0.25, 0.3) is 10.6 Å². The van der Waals surface area contributed by atoms with E-state index in [1.54, 1.807) is 5.38 Å². The summed E-state index contributed by atoms with van der Waals surface area (Å²) in [5.41, 5.74) is 2.75. The van der Waals surface area contributed by atoms with Crippen molar-refractivity contribution in [2.75, 3.05) is 19.6 Å². The van der Waals surface area contributed by atoms with Crippen molar-refractivity contribution >= 4 is 42.1 Å². The van der Waals surface area contributed by atoms with E-state index in [0.29, 0.717) is 24.7 Å². The third-order valence-electron chi connectivity index (χ3n) is 4.39. The number of aliphatic hydroxyl groups excluding tert-OH is 1. The normalized spacial score (nSPS) is 18.9. The summed E-state index contributed by atoms with van der Waals surface area (Å²) in [5.74, 6) is 0.378. The SMILES string of the molecule is CC(C)c1ccc(-c2nc(C(=O)NCC3CNCC3O)cs2)cc1.Cl.Cl. The van der Waals surface area contributed by atoms with Gasteiger partial charge in [0.05, 0.1) is 6.10 Å². The van der Waals surface area contributed by atoms with Crippen molar-refractivity contribution in [2.24, 2.45) is 5.92 Å². The number of nitrogens with one attached hydrogen (secondary N) is 2. The number of aromatic nitrogens is 1. The van der Waals surface area contributed by atoms with Crippen LogP contribution in [0, 0.1) is 5.92 Å². The van der Waals surface area contributed by atoms with Crippen LogP contribution in [-0.4, -0.2) is 41.7 Å². The number of carbonyl (C=O) groups is 1. The highest BCUT2D eigenvalue weighted by atomic mass is 35.5. The number of rotatable bonds is 5. The molecule has 2 heterocycles. The van der Waals surface area contributed by atoms with E-state index in [-0.39, 0.29) is 36.6 Å². The number of halogens is 2. The minimum atomic E-state index is -0.393. The number of hydrogen-bond acceptors (Lipinski definition) is 5. The van der Waals surface area contributed by atoms with Crippen molar-refractivity contribution < 1.29 is 9.90 Å². The van der Waals surface area contributed by atoms with Crippen LogP contribution in [0.1, 0.15) is 35.8 Å². The van der Waals surface area contributed by atoms with Crippen LogP contribution in [0.5, 0.6) is 0 Å². The average Bonchev–Trinajstić information content (AvgIpc) is 3.22. The van der Waals surface area contributed by atoms with E-state index < -0.39 is 6.10 Å². The lowest BCUT2D eigenvalue weighted by molar-refractivity contribution is 0.0923. The Labute approximate surface area is 170 Å². The molecule has 144 valence electrons. The summed E-state index contributed by atoms with van der Waals surface area (Å²) < 4.78 is 0. The summed E-state index contributed by atoms with van der Waals surface area (Å²) >= 11 is 1.47. The van der Waals surface area contributed by atoms with Gasteiger partial charge in [0, 0.05) is 36.5 Å². The maximum atomic E-state index is 12.2. The summed E-state index contributed by atoms with van der Waals surface area (Å²) in [7, 11) is 0. The van der Waals surface area contributed by atoms with Gasteiger partial charge < -0.3 is 15.7 Å². The topological polar surface area (TPSA) is 74.2 Å². The average molecular weight is 418 g/mol. The zero-order chi connectivity index (χ0) is 17.1. The molecule has 1 aromatic carbocycles. The van der Waals surface area contributed by atoms with E-state index in [1.165, 1.54) is 16.9 Å². The Morgan fingerprint density at radius 2 is 2.00 bits per heavy atom. The molecular weight excluding hydrogens is 393 g/mol. The van der Waals surface area contributed by atoms with E-state index in [0.717, 1.165) is 17.1 Å². The predicted molar refractivity (Wildman–Crippen MR) is 111 cm³/mol. The molecule has 0 saturated carbocycles. The van der Waals surface area contributed by atoms with Gasteiger partial charge in [0.25, 0.3) is 5.91 Å². The van der Waals surface area contributed by atoms with Gasteiger partial charge in [0.1, 0.15) is 10.7 Å². The number of thiazole rings is 1. The molecule has 0 radical (unpaired) electrons. The quantitative estimate of drug-likeness (QED) is 0.698. The first-order chi connectivity index (χ1) is 11.5. The molecule has 1 aliphatic heterocycles. The van der Waals surface area contributed by atoms with Gasteiger partial charge in [-0.2, -0.15) is 0 Å². The molecule has 0 bridgehead atoms. The monoisotopic (exact) mass is 417 g/mol. The molecule has 1 aliphatic rings. The molecule has 3 rings (SSSR count). The lowest BCUT2D eigenvalue weighted by Crippen LogP contribution is -2.34. The van der Waals surface area contributed by atoms with Crippen LogP contribution in [0.2, 0.25) is 0 Å². The van der Waals surface area contributed by atoms with Crippen LogP contribution in [-0.2, 0) is 0 Å². The van der Waals surface area contributed by atoms with Gasteiger partial charge in [-0.3, -0.25) is 4.79 Å². The van der Waals surface area contributed by atoms with Crippen molar-refractivity contribution in [3.05, 3.63) is 40.9 Å². The Kier molecular flexibility index (Phi) is 9.00. The predicted octanol–water partition coefficient (Wildman–Crippen LogP) is 3.09. The standard InChI is InChI=1S/C18H23N3O2S.2ClH/c1-11(2)12-3-5-13(6-4-12)18-21-15(10-24-18)17(23)20-8-14-7-19-9-16(14)22;;/h3-6,10-11,14,16,19,22H,7-9H2,1-2H3,(H,20,23);2*1H. The molecule has 5 nitrogen and oxygen atoms in total. The molecule has 2 unspecified atom stereocenters. The third-order valence-corrected chi connectivity index (χ3v) is 5.28. The number of β-amino-alcohol motifs (C(OH)–C–C–N with tert-alkyl or cyclic N) is 1. The van der Waals surface area contributed by atoms with Gasteiger partial charge in [-0.05, 0) is 11.5 Å². The molecule has 2 atom stereocenters.